The molecule has 0 atom stereocenters. The van der Waals surface area contributed by atoms with E-state index in [1.54, 1.807) is 6.07 Å². The second kappa shape index (κ2) is 4.20. The van der Waals surface area contributed by atoms with Gasteiger partial charge in [-0.3, -0.25) is 0 Å². The number of hydrogen-bond donors (Lipinski definition) is 2. The summed E-state index contributed by atoms with van der Waals surface area (Å²) >= 11 is 2.04. The Morgan fingerprint density at radius 2 is 2.08 bits per heavy atom. The summed E-state index contributed by atoms with van der Waals surface area (Å²) in [6.07, 6.45) is 0. The monoisotopic (exact) mass is 280 g/mol. The van der Waals surface area contributed by atoms with E-state index in [1.165, 1.54) is 6.07 Å². The zero-order valence-corrected chi connectivity index (χ0v) is 8.32. The first-order valence-corrected chi connectivity index (χ1v) is 4.88. The Hall–Kier alpha value is -0.135. The molecule has 0 aliphatic heterocycles. The van der Waals surface area contributed by atoms with Gasteiger partial charge in [-0.15, -0.1) is 0 Å². The van der Waals surface area contributed by atoms with Gasteiger partial charge in [0.2, 0.25) is 0 Å². The molecule has 12 heavy (non-hydrogen) atoms. The maximum atomic E-state index is 13.0. The van der Waals surface area contributed by atoms with Crippen molar-refractivity contribution >= 4 is 35.2 Å². The van der Waals surface area contributed by atoms with Crippen LogP contribution in [-0.4, -0.2) is 17.2 Å². The van der Waals surface area contributed by atoms with Gasteiger partial charge in [0.05, 0.1) is 0 Å². The predicted octanol–water partition coefficient (Wildman–Crippen LogP) is 0.440. The number of hydrogen-bond acceptors (Lipinski definition) is 2. The first-order chi connectivity index (χ1) is 5.65. The molecule has 0 aliphatic rings. The predicted molar refractivity (Wildman–Crippen MR) is 53.9 cm³/mol. The standard InChI is InChI=1S/C7H7BFIO2/c9-7-3-6(8(11)12)2-1-5(7)4-10/h1-3,11-12H,4H2. The quantitative estimate of drug-likeness (QED) is 0.469. The highest BCUT2D eigenvalue weighted by Gasteiger charge is 2.12. The van der Waals surface area contributed by atoms with Gasteiger partial charge < -0.3 is 10.0 Å². The Morgan fingerprint density at radius 3 is 2.50 bits per heavy atom. The zero-order chi connectivity index (χ0) is 9.14. The molecule has 0 amide bonds. The van der Waals surface area contributed by atoms with Crippen LogP contribution in [-0.2, 0) is 4.43 Å². The summed E-state index contributed by atoms with van der Waals surface area (Å²) in [5, 5.41) is 17.4. The van der Waals surface area contributed by atoms with Crippen LogP contribution in [0.2, 0.25) is 0 Å². The Bertz CT molecular complexity index is 280. The van der Waals surface area contributed by atoms with Crippen molar-refractivity contribution in [1.82, 2.24) is 0 Å². The van der Waals surface area contributed by atoms with Gasteiger partial charge in [0, 0.05) is 4.43 Å². The van der Waals surface area contributed by atoms with Crippen LogP contribution in [0.1, 0.15) is 5.56 Å². The third-order valence-corrected chi connectivity index (χ3v) is 2.34. The van der Waals surface area contributed by atoms with Gasteiger partial charge in [-0.1, -0.05) is 34.7 Å². The first kappa shape index (κ1) is 9.95. The Labute approximate surface area is 83.7 Å². The molecule has 64 valence electrons. The van der Waals surface area contributed by atoms with Gasteiger partial charge >= 0.3 is 7.12 Å². The Morgan fingerprint density at radius 1 is 1.42 bits per heavy atom. The minimum atomic E-state index is -1.59. The van der Waals surface area contributed by atoms with E-state index in [0.717, 1.165) is 6.07 Å². The van der Waals surface area contributed by atoms with Crippen LogP contribution in [0, 0.1) is 5.82 Å². The summed E-state index contributed by atoms with van der Waals surface area (Å²) in [4.78, 5) is 0. The second-order valence-corrected chi connectivity index (χ2v) is 3.12. The van der Waals surface area contributed by atoms with Crippen molar-refractivity contribution < 1.29 is 14.4 Å². The number of rotatable bonds is 2. The Kier molecular flexibility index (Phi) is 3.48. The van der Waals surface area contributed by atoms with E-state index >= 15 is 0 Å². The molecule has 5 heteroatoms. The lowest BCUT2D eigenvalue weighted by Crippen LogP contribution is -2.30. The van der Waals surface area contributed by atoms with Crippen molar-refractivity contribution in [2.24, 2.45) is 0 Å². The lowest BCUT2D eigenvalue weighted by Gasteiger charge is -2.02. The van der Waals surface area contributed by atoms with Crippen LogP contribution in [0.4, 0.5) is 4.39 Å². The van der Waals surface area contributed by atoms with Crippen LogP contribution in [0.5, 0.6) is 0 Å². The molecule has 0 saturated carbocycles. The third kappa shape index (κ3) is 2.18. The van der Waals surface area contributed by atoms with E-state index in [0.29, 0.717) is 9.99 Å². The van der Waals surface area contributed by atoms with E-state index in [4.69, 9.17) is 10.0 Å². The van der Waals surface area contributed by atoms with Crippen LogP contribution in [0.3, 0.4) is 0 Å². The molecule has 1 aromatic rings. The van der Waals surface area contributed by atoms with Gasteiger partial charge in [0.1, 0.15) is 5.82 Å². The fourth-order valence-electron chi connectivity index (χ4n) is 0.833. The van der Waals surface area contributed by atoms with Crippen molar-refractivity contribution in [2.45, 2.75) is 4.43 Å². The number of alkyl halides is 1. The summed E-state index contributed by atoms with van der Waals surface area (Å²) in [6, 6.07) is 4.19. The molecule has 1 aromatic carbocycles. The summed E-state index contributed by atoms with van der Waals surface area (Å²) in [7, 11) is -1.59. The molecule has 0 radical (unpaired) electrons. The first-order valence-electron chi connectivity index (χ1n) is 3.35. The third-order valence-electron chi connectivity index (χ3n) is 1.52. The molecule has 0 unspecified atom stereocenters. The molecular weight excluding hydrogens is 273 g/mol. The lowest BCUT2D eigenvalue weighted by molar-refractivity contribution is 0.425. The van der Waals surface area contributed by atoms with E-state index < -0.39 is 12.9 Å². The molecule has 0 bridgehead atoms. The largest absolute Gasteiger partial charge is 0.488 e. The molecule has 0 heterocycles. The molecule has 2 nitrogen and oxygen atoms in total. The average Bonchev–Trinajstić information content (AvgIpc) is 2.04. The zero-order valence-electron chi connectivity index (χ0n) is 6.17. The van der Waals surface area contributed by atoms with Crippen molar-refractivity contribution in [3.63, 3.8) is 0 Å². The molecule has 2 N–H and O–H groups in total. The average molecular weight is 280 g/mol. The van der Waals surface area contributed by atoms with E-state index in [9.17, 15) is 4.39 Å². The normalized spacial score (nSPS) is 10.0. The molecule has 0 aromatic heterocycles. The highest BCUT2D eigenvalue weighted by molar-refractivity contribution is 14.1. The van der Waals surface area contributed by atoms with Gasteiger partial charge in [0.15, 0.2) is 0 Å². The number of benzene rings is 1. The van der Waals surface area contributed by atoms with Crippen molar-refractivity contribution in [2.75, 3.05) is 0 Å². The highest BCUT2D eigenvalue weighted by Crippen LogP contribution is 2.09. The maximum Gasteiger partial charge on any atom is 0.488 e. The van der Waals surface area contributed by atoms with Gasteiger partial charge in [-0.25, -0.2) is 4.39 Å². The van der Waals surface area contributed by atoms with Gasteiger partial charge in [-0.05, 0) is 17.1 Å². The SMILES string of the molecule is OB(O)c1ccc(CI)c(F)c1. The summed E-state index contributed by atoms with van der Waals surface area (Å²) < 4.78 is 13.6. The minimum absolute atomic E-state index is 0.182. The molecule has 1 rings (SSSR count). The summed E-state index contributed by atoms with van der Waals surface area (Å²) in [6.45, 7) is 0. The van der Waals surface area contributed by atoms with Crippen LogP contribution >= 0.6 is 22.6 Å². The van der Waals surface area contributed by atoms with E-state index in [2.05, 4.69) is 0 Å². The Balaban J connectivity index is 3.02. The lowest BCUT2D eigenvalue weighted by atomic mass is 9.80. The fourth-order valence-corrected chi connectivity index (χ4v) is 1.45. The van der Waals surface area contributed by atoms with Crippen LogP contribution in [0.15, 0.2) is 18.2 Å². The molecular formula is C7H7BFIO2. The molecule has 0 fully saturated rings. The minimum Gasteiger partial charge on any atom is -0.423 e. The van der Waals surface area contributed by atoms with Crippen molar-refractivity contribution in [3.8, 4) is 0 Å². The smallest absolute Gasteiger partial charge is 0.423 e. The topological polar surface area (TPSA) is 40.5 Å². The second-order valence-electron chi connectivity index (χ2n) is 2.36. The summed E-state index contributed by atoms with van der Waals surface area (Å²) in [5.41, 5.74) is 0.751. The van der Waals surface area contributed by atoms with E-state index in [-0.39, 0.29) is 5.46 Å². The maximum absolute atomic E-state index is 13.0. The van der Waals surface area contributed by atoms with Crippen LogP contribution in [0.25, 0.3) is 0 Å². The molecule has 0 spiro atoms. The molecule has 0 saturated heterocycles. The van der Waals surface area contributed by atoms with Crippen LogP contribution < -0.4 is 5.46 Å². The van der Waals surface area contributed by atoms with Crippen molar-refractivity contribution in [1.29, 1.82) is 0 Å². The van der Waals surface area contributed by atoms with E-state index in [1.807, 2.05) is 22.6 Å². The highest BCUT2D eigenvalue weighted by atomic mass is 127. The van der Waals surface area contributed by atoms with Gasteiger partial charge in [-0.2, -0.15) is 0 Å². The number of halogens is 2. The fraction of sp³-hybridized carbons (Fsp3) is 0.143. The van der Waals surface area contributed by atoms with Crippen molar-refractivity contribution in [3.05, 3.63) is 29.6 Å². The van der Waals surface area contributed by atoms with Gasteiger partial charge in [0.25, 0.3) is 0 Å². The summed E-state index contributed by atoms with van der Waals surface area (Å²) in [5.74, 6) is -0.394. The molecule has 0 aliphatic carbocycles.